The van der Waals surface area contributed by atoms with Gasteiger partial charge >= 0.3 is 7.12 Å². The minimum Gasteiger partial charge on any atom is -0.423 e. The van der Waals surface area contributed by atoms with Gasteiger partial charge in [-0.05, 0) is 37.4 Å². The van der Waals surface area contributed by atoms with Gasteiger partial charge < -0.3 is 25.6 Å². The van der Waals surface area contributed by atoms with E-state index in [9.17, 15) is 19.6 Å². The highest BCUT2D eigenvalue weighted by Gasteiger charge is 2.22. The van der Waals surface area contributed by atoms with E-state index in [4.69, 9.17) is 7.85 Å². The summed E-state index contributed by atoms with van der Waals surface area (Å²) < 4.78 is 1.88. The molecule has 0 saturated heterocycles. The molecule has 1 atom stereocenters. The van der Waals surface area contributed by atoms with Gasteiger partial charge in [-0.3, -0.25) is 9.59 Å². The van der Waals surface area contributed by atoms with E-state index in [1.807, 2.05) is 59.3 Å². The third-order valence-electron chi connectivity index (χ3n) is 7.31. The van der Waals surface area contributed by atoms with Crippen molar-refractivity contribution in [3.8, 4) is 0 Å². The van der Waals surface area contributed by atoms with Gasteiger partial charge in [-0.15, -0.1) is 0 Å². The molecule has 4 N–H and O–H groups in total. The van der Waals surface area contributed by atoms with Gasteiger partial charge in [0.05, 0.1) is 0 Å². The lowest BCUT2D eigenvalue weighted by Gasteiger charge is -2.30. The van der Waals surface area contributed by atoms with E-state index in [0.29, 0.717) is 49.2 Å². The highest BCUT2D eigenvalue weighted by atomic mass is 16.4. The second-order valence-electron chi connectivity index (χ2n) is 10.8. The van der Waals surface area contributed by atoms with Gasteiger partial charge in [0.15, 0.2) is 18.9 Å². The molecule has 1 aromatic heterocycles. The molecule has 2 amide bonds. The molecular weight excluding hydrogens is 538 g/mol. The maximum atomic E-state index is 13.3. The number of pyridine rings is 1. The number of aromatic nitrogens is 1. The van der Waals surface area contributed by atoms with Gasteiger partial charge in [-0.1, -0.05) is 72.7 Å². The molecule has 8 nitrogen and oxygen atoms in total. The largest absolute Gasteiger partial charge is 0.488 e. The highest BCUT2D eigenvalue weighted by molar-refractivity contribution is 6.59. The Hall–Kier alpha value is -4.40. The number of carbonyl (C=O) groups is 2. The van der Waals surface area contributed by atoms with Crippen molar-refractivity contribution >= 4 is 43.3 Å². The van der Waals surface area contributed by atoms with Crippen LogP contribution < -0.4 is 26.1 Å². The van der Waals surface area contributed by atoms with E-state index in [0.717, 1.165) is 27.7 Å². The van der Waals surface area contributed by atoms with Crippen molar-refractivity contribution in [1.29, 1.82) is 0 Å². The van der Waals surface area contributed by atoms with E-state index < -0.39 is 7.12 Å². The number of amides is 2. The molecule has 2 heterocycles. The average Bonchev–Trinajstić information content (AvgIpc) is 2.99. The molecule has 218 valence electrons. The Kier molecular flexibility index (Phi) is 10.8. The van der Waals surface area contributed by atoms with Crippen LogP contribution in [0.25, 0.3) is 5.57 Å². The first-order valence-corrected chi connectivity index (χ1v) is 14.3. The summed E-state index contributed by atoms with van der Waals surface area (Å²) in [7, 11) is 4.61. The zero-order valence-electron chi connectivity index (χ0n) is 24.7. The summed E-state index contributed by atoms with van der Waals surface area (Å²) in [6, 6.07) is 16.9. The first-order chi connectivity index (χ1) is 20.6. The van der Waals surface area contributed by atoms with Gasteiger partial charge in [0.2, 0.25) is 5.91 Å². The Morgan fingerprint density at radius 1 is 1.05 bits per heavy atom. The predicted octanol–water partition coefficient (Wildman–Crippen LogP) is 1.11. The second-order valence-corrected chi connectivity index (χ2v) is 10.8. The topological polar surface area (TPSA) is 106 Å². The van der Waals surface area contributed by atoms with Crippen LogP contribution in [-0.2, 0) is 17.9 Å². The zero-order chi connectivity index (χ0) is 30.9. The van der Waals surface area contributed by atoms with Crippen molar-refractivity contribution in [1.82, 2.24) is 15.5 Å². The first kappa shape index (κ1) is 31.5. The van der Waals surface area contributed by atoms with E-state index in [2.05, 4.69) is 41.3 Å². The molecule has 0 spiro atoms. The van der Waals surface area contributed by atoms with Crippen molar-refractivity contribution in [2.75, 3.05) is 13.1 Å². The van der Waals surface area contributed by atoms with E-state index in [-0.39, 0.29) is 17.9 Å². The molecule has 43 heavy (non-hydrogen) atoms. The maximum Gasteiger partial charge on any atom is 0.488 e. The number of nitrogens with one attached hydrogen (secondary N) is 2. The summed E-state index contributed by atoms with van der Waals surface area (Å²) in [6.45, 7) is 9.14. The number of rotatable bonds is 12. The maximum absolute atomic E-state index is 13.3. The van der Waals surface area contributed by atoms with Crippen LogP contribution in [0, 0.1) is 0 Å². The average molecular weight is 575 g/mol. The molecule has 3 aromatic rings. The number of benzene rings is 2. The molecule has 1 unspecified atom stereocenters. The van der Waals surface area contributed by atoms with E-state index in [1.54, 1.807) is 25.3 Å². The molecule has 0 fully saturated rings. The van der Waals surface area contributed by atoms with Gasteiger partial charge in [0, 0.05) is 54.1 Å². The molecule has 2 radical (unpaired) electrons. The number of nitrogens with zero attached hydrogens (tertiary/aromatic N) is 2. The molecule has 4 rings (SSSR count). The number of hydrogen-bond acceptors (Lipinski definition) is 5. The standard InChI is InChI=1S/C33H36B2N4O4/c1-23(2)32(40)36-15-8-16-37-33(41)29-17-28(19-38(20-29)18-27-10-5-7-12-31(27)35(42)43)25-14-13-24(3)39(21-25)22-26-9-4-6-11-30(26)34/h4-7,9-14,17,19-21,24,42-43H,1,8,15-16,18,22H2,2-3H3,(H-,36,37,40,41)/p+1. The fraction of sp³-hybridized carbons (Fsp3) is 0.242. The third kappa shape index (κ3) is 8.56. The van der Waals surface area contributed by atoms with Gasteiger partial charge in [-0.25, -0.2) is 0 Å². The minimum absolute atomic E-state index is 0.144. The monoisotopic (exact) mass is 575 g/mol. The molecule has 1 aliphatic rings. The summed E-state index contributed by atoms with van der Waals surface area (Å²) in [4.78, 5) is 27.2. The van der Waals surface area contributed by atoms with Crippen LogP contribution in [0.5, 0.6) is 0 Å². The molecule has 10 heteroatoms. The van der Waals surface area contributed by atoms with Gasteiger partial charge in [-0.2, -0.15) is 4.57 Å². The summed E-state index contributed by atoms with van der Waals surface area (Å²) in [5.74, 6) is -0.458. The lowest BCUT2D eigenvalue weighted by Crippen LogP contribution is -2.42. The lowest BCUT2D eigenvalue weighted by atomic mass is 9.77. The number of hydrogen-bond donors (Lipinski definition) is 4. The van der Waals surface area contributed by atoms with Crippen LogP contribution in [0.1, 0.15) is 47.3 Å². The van der Waals surface area contributed by atoms with Crippen LogP contribution in [0.15, 0.2) is 97.5 Å². The van der Waals surface area contributed by atoms with E-state index >= 15 is 0 Å². The van der Waals surface area contributed by atoms with Crippen molar-refractivity contribution in [3.05, 3.63) is 120 Å². The second kappa shape index (κ2) is 14.7. The van der Waals surface area contributed by atoms with Crippen LogP contribution in [0.3, 0.4) is 0 Å². The quantitative estimate of drug-likeness (QED) is 0.112. The SMILES string of the molecule is [B]c1ccccc1CN1C=C(c2cc(C(=O)NCCCNC(=O)C(=C)C)c[n+](Cc3ccccc3B(O)O)c2)C=CC1C. The molecule has 2 aromatic carbocycles. The molecule has 1 aliphatic heterocycles. The fourth-order valence-electron chi connectivity index (χ4n) is 4.81. The zero-order valence-corrected chi connectivity index (χ0v) is 24.7. The molecular formula is C33H37B2N4O4+. The normalized spacial score (nSPS) is 14.2. The van der Waals surface area contributed by atoms with Gasteiger partial charge in [0.1, 0.15) is 13.4 Å². The van der Waals surface area contributed by atoms with Crippen molar-refractivity contribution in [3.63, 3.8) is 0 Å². The molecule has 0 bridgehead atoms. The van der Waals surface area contributed by atoms with Crippen molar-refractivity contribution in [2.24, 2.45) is 0 Å². The number of allylic oxidation sites excluding steroid dienone is 2. The molecule has 0 aliphatic carbocycles. The number of carbonyl (C=O) groups excluding carboxylic acids is 2. The summed E-state index contributed by atoms with van der Waals surface area (Å²) >= 11 is 0. The minimum atomic E-state index is -1.61. The summed E-state index contributed by atoms with van der Waals surface area (Å²) in [5, 5.41) is 25.5. The smallest absolute Gasteiger partial charge is 0.423 e. The summed E-state index contributed by atoms with van der Waals surface area (Å²) in [5.41, 5.74) is 5.54. The van der Waals surface area contributed by atoms with Crippen LogP contribution in [-0.4, -0.2) is 60.9 Å². The molecule has 0 saturated carbocycles. The third-order valence-corrected chi connectivity index (χ3v) is 7.31. The van der Waals surface area contributed by atoms with Crippen molar-refractivity contribution < 1.29 is 24.2 Å². The Labute approximate surface area is 255 Å². The van der Waals surface area contributed by atoms with Crippen LogP contribution in [0.4, 0.5) is 0 Å². The van der Waals surface area contributed by atoms with Gasteiger partial charge in [0.25, 0.3) is 5.91 Å². The predicted molar refractivity (Wildman–Crippen MR) is 171 cm³/mol. The first-order valence-electron chi connectivity index (χ1n) is 14.3. The van der Waals surface area contributed by atoms with E-state index in [1.165, 1.54) is 0 Å². The Morgan fingerprint density at radius 2 is 1.74 bits per heavy atom. The Bertz CT molecular complexity index is 1550. The Balaban J connectivity index is 1.61. The fourth-order valence-corrected chi connectivity index (χ4v) is 4.81. The van der Waals surface area contributed by atoms with Crippen LogP contribution in [0.2, 0.25) is 0 Å². The lowest BCUT2D eigenvalue weighted by molar-refractivity contribution is -0.688. The summed E-state index contributed by atoms with van der Waals surface area (Å²) in [6.07, 6.45) is 10.5. The Morgan fingerprint density at radius 3 is 2.47 bits per heavy atom. The highest BCUT2D eigenvalue weighted by Crippen LogP contribution is 2.24. The van der Waals surface area contributed by atoms with Crippen LogP contribution >= 0.6 is 0 Å². The van der Waals surface area contributed by atoms with Crippen molar-refractivity contribution in [2.45, 2.75) is 39.4 Å².